The fourth-order valence-electron chi connectivity index (χ4n) is 1.51. The van der Waals surface area contributed by atoms with Gasteiger partial charge in [0, 0.05) is 12.7 Å². The summed E-state index contributed by atoms with van der Waals surface area (Å²) in [6, 6.07) is 8.56. The summed E-state index contributed by atoms with van der Waals surface area (Å²) < 4.78 is 0. The maximum Gasteiger partial charge on any atom is 0.0337 e. The second kappa shape index (κ2) is 3.65. The molecule has 0 heterocycles. The van der Waals surface area contributed by atoms with Gasteiger partial charge in [-0.25, -0.2) is 0 Å². The fourth-order valence-corrected chi connectivity index (χ4v) is 1.51. The van der Waals surface area contributed by atoms with E-state index in [1.54, 1.807) is 5.57 Å². The van der Waals surface area contributed by atoms with Gasteiger partial charge in [0.15, 0.2) is 0 Å². The minimum absolute atomic E-state index is 1.18. The summed E-state index contributed by atoms with van der Waals surface area (Å²) in [7, 11) is 1.94. The van der Waals surface area contributed by atoms with Gasteiger partial charge in [0.05, 0.1) is 0 Å². The quantitative estimate of drug-likeness (QED) is 0.723. The largest absolute Gasteiger partial charge is 0.388 e. The van der Waals surface area contributed by atoms with Crippen LogP contribution in [0.25, 0.3) is 6.08 Å². The molecular weight excluding hydrogens is 158 g/mol. The van der Waals surface area contributed by atoms with E-state index in [1.807, 2.05) is 7.05 Å². The lowest BCUT2D eigenvalue weighted by Gasteiger charge is -2.15. The summed E-state index contributed by atoms with van der Waals surface area (Å²) in [5, 5.41) is 3.11. The van der Waals surface area contributed by atoms with Gasteiger partial charge in [0.1, 0.15) is 0 Å². The molecule has 1 saturated carbocycles. The molecule has 0 atom stereocenters. The number of allylic oxidation sites excluding steroid dienone is 1. The van der Waals surface area contributed by atoms with Crippen LogP contribution in [0, 0.1) is 0 Å². The molecule has 0 spiro atoms. The van der Waals surface area contributed by atoms with Crippen LogP contribution >= 0.6 is 0 Å². The highest BCUT2D eigenvalue weighted by molar-refractivity contribution is 5.57. The first-order valence-corrected chi connectivity index (χ1v) is 4.86. The van der Waals surface area contributed by atoms with E-state index in [9.17, 15) is 0 Å². The Kier molecular flexibility index (Phi) is 2.35. The second-order valence-electron chi connectivity index (χ2n) is 3.53. The van der Waals surface area contributed by atoms with Gasteiger partial charge in [0.25, 0.3) is 0 Å². The Morgan fingerprint density at radius 3 is 2.31 bits per heavy atom. The fraction of sp³-hybridized carbons (Fsp3) is 0.333. The molecule has 68 valence electrons. The van der Waals surface area contributed by atoms with Crippen LogP contribution in [0.15, 0.2) is 29.8 Å². The molecule has 1 aromatic rings. The topological polar surface area (TPSA) is 12.0 Å². The minimum Gasteiger partial charge on any atom is -0.388 e. The van der Waals surface area contributed by atoms with Gasteiger partial charge in [-0.05, 0) is 37.0 Å². The van der Waals surface area contributed by atoms with Crippen molar-refractivity contribution in [2.45, 2.75) is 19.3 Å². The molecule has 0 unspecified atom stereocenters. The average molecular weight is 173 g/mol. The molecule has 0 aromatic heterocycles. The van der Waals surface area contributed by atoms with Crippen LogP contribution in [0.2, 0.25) is 0 Å². The van der Waals surface area contributed by atoms with Crippen molar-refractivity contribution < 1.29 is 0 Å². The van der Waals surface area contributed by atoms with Crippen LogP contribution in [-0.4, -0.2) is 7.05 Å². The molecule has 1 aliphatic rings. The van der Waals surface area contributed by atoms with E-state index < -0.39 is 0 Å². The minimum atomic E-state index is 1.18. The third-order valence-corrected chi connectivity index (χ3v) is 2.57. The molecule has 13 heavy (non-hydrogen) atoms. The third-order valence-electron chi connectivity index (χ3n) is 2.57. The Morgan fingerprint density at radius 1 is 1.15 bits per heavy atom. The van der Waals surface area contributed by atoms with Crippen molar-refractivity contribution in [3.8, 4) is 0 Å². The molecule has 0 saturated heterocycles. The number of hydrogen-bond acceptors (Lipinski definition) is 1. The van der Waals surface area contributed by atoms with E-state index in [2.05, 4.69) is 35.7 Å². The van der Waals surface area contributed by atoms with Crippen molar-refractivity contribution in [1.82, 2.24) is 0 Å². The van der Waals surface area contributed by atoms with Gasteiger partial charge >= 0.3 is 0 Å². The summed E-state index contributed by atoms with van der Waals surface area (Å²) in [4.78, 5) is 0. The van der Waals surface area contributed by atoms with Crippen molar-refractivity contribution in [2.75, 3.05) is 12.4 Å². The third kappa shape index (κ3) is 1.92. The zero-order valence-corrected chi connectivity index (χ0v) is 8.01. The summed E-state index contributed by atoms with van der Waals surface area (Å²) in [6.07, 6.45) is 6.28. The van der Waals surface area contributed by atoms with E-state index in [4.69, 9.17) is 0 Å². The Hall–Kier alpha value is -1.24. The predicted octanol–water partition coefficient (Wildman–Crippen LogP) is 3.30. The van der Waals surface area contributed by atoms with Crippen molar-refractivity contribution in [1.29, 1.82) is 0 Å². The molecule has 1 fully saturated rings. The zero-order chi connectivity index (χ0) is 9.10. The lowest BCUT2D eigenvalue weighted by atomic mass is 9.91. The monoisotopic (exact) mass is 173 g/mol. The SMILES string of the molecule is CNc1ccc(C=C2CCC2)cc1. The number of rotatable bonds is 2. The van der Waals surface area contributed by atoms with E-state index in [0.29, 0.717) is 0 Å². The normalized spacial score (nSPS) is 15.0. The van der Waals surface area contributed by atoms with Crippen molar-refractivity contribution in [3.63, 3.8) is 0 Å². The zero-order valence-electron chi connectivity index (χ0n) is 8.01. The number of benzene rings is 1. The molecule has 0 radical (unpaired) electrons. The highest BCUT2D eigenvalue weighted by atomic mass is 14.8. The smallest absolute Gasteiger partial charge is 0.0337 e. The molecule has 1 nitrogen and oxygen atoms in total. The summed E-state index contributed by atoms with van der Waals surface area (Å²) in [6.45, 7) is 0. The first-order chi connectivity index (χ1) is 6.38. The summed E-state index contributed by atoms with van der Waals surface area (Å²) >= 11 is 0. The molecular formula is C12H15N. The molecule has 0 bridgehead atoms. The first kappa shape index (κ1) is 8.36. The molecule has 1 aliphatic carbocycles. The van der Waals surface area contributed by atoms with E-state index in [-0.39, 0.29) is 0 Å². The van der Waals surface area contributed by atoms with Crippen LogP contribution < -0.4 is 5.32 Å². The second-order valence-corrected chi connectivity index (χ2v) is 3.53. The van der Waals surface area contributed by atoms with E-state index in [0.717, 1.165) is 0 Å². The molecule has 0 amide bonds. The summed E-state index contributed by atoms with van der Waals surface area (Å²) in [5.74, 6) is 0. The van der Waals surface area contributed by atoms with Crippen molar-refractivity contribution >= 4 is 11.8 Å². The Morgan fingerprint density at radius 2 is 1.85 bits per heavy atom. The number of hydrogen-bond donors (Lipinski definition) is 1. The Balaban J connectivity index is 2.13. The highest BCUT2D eigenvalue weighted by Crippen LogP contribution is 2.27. The lowest BCUT2D eigenvalue weighted by molar-refractivity contribution is 0.670. The van der Waals surface area contributed by atoms with Gasteiger partial charge in [-0.15, -0.1) is 0 Å². The van der Waals surface area contributed by atoms with Crippen molar-refractivity contribution in [2.24, 2.45) is 0 Å². The lowest BCUT2D eigenvalue weighted by Crippen LogP contribution is -1.95. The molecule has 1 heteroatoms. The van der Waals surface area contributed by atoms with Gasteiger partial charge in [-0.1, -0.05) is 23.8 Å². The van der Waals surface area contributed by atoms with Crippen LogP contribution in [-0.2, 0) is 0 Å². The van der Waals surface area contributed by atoms with Gasteiger partial charge in [0.2, 0.25) is 0 Å². The maximum atomic E-state index is 3.11. The van der Waals surface area contributed by atoms with Crippen LogP contribution in [0.1, 0.15) is 24.8 Å². The Labute approximate surface area is 79.5 Å². The molecule has 0 aliphatic heterocycles. The van der Waals surface area contributed by atoms with Crippen molar-refractivity contribution in [3.05, 3.63) is 35.4 Å². The molecule has 2 rings (SSSR count). The Bertz CT molecular complexity index is 302. The van der Waals surface area contributed by atoms with Crippen LogP contribution in [0.3, 0.4) is 0 Å². The van der Waals surface area contributed by atoms with Crippen LogP contribution in [0.4, 0.5) is 5.69 Å². The summed E-state index contributed by atoms with van der Waals surface area (Å²) in [5.41, 5.74) is 4.10. The van der Waals surface area contributed by atoms with Gasteiger partial charge < -0.3 is 5.32 Å². The average Bonchev–Trinajstić information content (AvgIpc) is 2.12. The standard InChI is InChI=1S/C12H15N/c1-13-12-7-5-11(6-8-12)9-10-3-2-4-10/h5-9,13H,2-4H2,1H3. The number of anilines is 1. The van der Waals surface area contributed by atoms with Gasteiger partial charge in [-0.3, -0.25) is 0 Å². The van der Waals surface area contributed by atoms with Crippen LogP contribution in [0.5, 0.6) is 0 Å². The van der Waals surface area contributed by atoms with E-state index in [1.165, 1.54) is 30.5 Å². The van der Waals surface area contributed by atoms with Gasteiger partial charge in [-0.2, -0.15) is 0 Å². The first-order valence-electron chi connectivity index (χ1n) is 4.86. The van der Waals surface area contributed by atoms with E-state index >= 15 is 0 Å². The molecule has 1 aromatic carbocycles. The predicted molar refractivity (Wildman–Crippen MR) is 57.8 cm³/mol. The molecule has 1 N–H and O–H groups in total. The highest BCUT2D eigenvalue weighted by Gasteiger charge is 2.07. The maximum absolute atomic E-state index is 3.11. The number of nitrogens with one attached hydrogen (secondary N) is 1.